The summed E-state index contributed by atoms with van der Waals surface area (Å²) in [5.41, 5.74) is 1.31. The van der Waals surface area contributed by atoms with E-state index < -0.39 is 13.1 Å². The number of ether oxygens (including phenoxy) is 2. The molecule has 156 valence electrons. The minimum atomic E-state index is -1.89. The molecule has 1 aromatic heterocycles. The molecule has 4 rings (SSSR count). The van der Waals surface area contributed by atoms with E-state index in [1.807, 2.05) is 24.3 Å². The van der Waals surface area contributed by atoms with Crippen LogP contribution in [0.15, 0.2) is 42.5 Å². The van der Waals surface area contributed by atoms with Gasteiger partial charge in [0, 0.05) is 21.6 Å². The highest BCUT2D eigenvalue weighted by atomic mass is 35.5. The van der Waals surface area contributed by atoms with Crippen molar-refractivity contribution in [2.45, 2.75) is 38.7 Å². The quantitative estimate of drug-likeness (QED) is 0.465. The Morgan fingerprint density at radius 3 is 2.50 bits per heavy atom. The highest BCUT2D eigenvalue weighted by Gasteiger charge is 2.32. The fourth-order valence-corrected chi connectivity index (χ4v) is 4.39. The van der Waals surface area contributed by atoms with E-state index in [0.29, 0.717) is 21.6 Å². The maximum Gasteiger partial charge on any atom is 0.491 e. The standard InChI is InChI=1S/C22H23BClNO5/c1-2-29-22(26)21-20(23(27)28)19-17(24)8-5-9-18(19)25(21)14-10-12-16(13-11-14)30-15-6-3-4-7-15/h5,8-13,15,27-28H,2-4,6-7H2,1H3. The van der Waals surface area contributed by atoms with Crippen molar-refractivity contribution in [3.63, 3.8) is 0 Å². The fraction of sp³-hybridized carbons (Fsp3) is 0.318. The van der Waals surface area contributed by atoms with Crippen LogP contribution in [-0.4, -0.2) is 40.4 Å². The van der Waals surface area contributed by atoms with E-state index in [9.17, 15) is 14.8 Å². The number of hydrogen-bond acceptors (Lipinski definition) is 5. The summed E-state index contributed by atoms with van der Waals surface area (Å²) in [7, 11) is -1.89. The maximum atomic E-state index is 12.8. The first-order valence-electron chi connectivity index (χ1n) is 10.1. The first-order chi connectivity index (χ1) is 14.5. The van der Waals surface area contributed by atoms with Gasteiger partial charge in [-0.15, -0.1) is 0 Å². The van der Waals surface area contributed by atoms with E-state index in [-0.39, 0.29) is 23.9 Å². The molecule has 0 amide bonds. The summed E-state index contributed by atoms with van der Waals surface area (Å²) in [5.74, 6) is 0.111. The minimum Gasteiger partial charge on any atom is -0.490 e. The van der Waals surface area contributed by atoms with Crippen molar-refractivity contribution in [1.29, 1.82) is 0 Å². The van der Waals surface area contributed by atoms with Gasteiger partial charge < -0.3 is 24.1 Å². The Hall–Kier alpha value is -2.48. The van der Waals surface area contributed by atoms with Crippen LogP contribution in [0, 0.1) is 0 Å². The summed E-state index contributed by atoms with van der Waals surface area (Å²) in [6.45, 7) is 1.85. The normalized spacial score (nSPS) is 14.3. The van der Waals surface area contributed by atoms with Gasteiger partial charge in [-0.2, -0.15) is 0 Å². The molecule has 0 unspecified atom stereocenters. The zero-order chi connectivity index (χ0) is 21.3. The lowest BCUT2D eigenvalue weighted by atomic mass is 9.77. The average molecular weight is 428 g/mol. The molecule has 6 nitrogen and oxygen atoms in total. The molecular weight excluding hydrogens is 405 g/mol. The van der Waals surface area contributed by atoms with Crippen molar-refractivity contribution in [2.75, 3.05) is 6.61 Å². The SMILES string of the molecule is CCOC(=O)c1c(B(O)O)c2c(Cl)cccc2n1-c1ccc(OC2CCCC2)cc1. The predicted molar refractivity (Wildman–Crippen MR) is 117 cm³/mol. The molecule has 1 aliphatic rings. The van der Waals surface area contributed by atoms with E-state index in [1.54, 1.807) is 29.7 Å². The number of benzene rings is 2. The smallest absolute Gasteiger partial charge is 0.490 e. The lowest BCUT2D eigenvalue weighted by molar-refractivity contribution is 0.0518. The van der Waals surface area contributed by atoms with Crippen molar-refractivity contribution in [3.8, 4) is 11.4 Å². The molecule has 0 aliphatic heterocycles. The fourth-order valence-electron chi connectivity index (χ4n) is 4.12. The van der Waals surface area contributed by atoms with Crippen LogP contribution >= 0.6 is 11.6 Å². The van der Waals surface area contributed by atoms with Crippen LogP contribution in [0.4, 0.5) is 0 Å². The van der Waals surface area contributed by atoms with Crippen LogP contribution in [0.1, 0.15) is 43.1 Å². The van der Waals surface area contributed by atoms with Crippen LogP contribution in [-0.2, 0) is 4.74 Å². The summed E-state index contributed by atoms with van der Waals surface area (Å²) in [6, 6.07) is 12.6. The molecule has 30 heavy (non-hydrogen) atoms. The van der Waals surface area contributed by atoms with E-state index in [2.05, 4.69) is 0 Å². The van der Waals surface area contributed by atoms with Gasteiger partial charge >= 0.3 is 13.1 Å². The van der Waals surface area contributed by atoms with Gasteiger partial charge in [0.15, 0.2) is 0 Å². The maximum absolute atomic E-state index is 12.8. The first-order valence-corrected chi connectivity index (χ1v) is 10.5. The summed E-state index contributed by atoms with van der Waals surface area (Å²) in [5, 5.41) is 20.9. The van der Waals surface area contributed by atoms with Crippen molar-refractivity contribution < 1.29 is 24.3 Å². The molecule has 0 radical (unpaired) electrons. The number of hydrogen-bond donors (Lipinski definition) is 2. The van der Waals surface area contributed by atoms with Crippen LogP contribution in [0.5, 0.6) is 5.75 Å². The van der Waals surface area contributed by atoms with E-state index in [4.69, 9.17) is 21.1 Å². The number of fused-ring (bicyclic) bond motifs is 1. The van der Waals surface area contributed by atoms with E-state index >= 15 is 0 Å². The number of esters is 1. The third-order valence-electron chi connectivity index (χ3n) is 5.41. The van der Waals surface area contributed by atoms with Gasteiger partial charge in [-0.25, -0.2) is 4.79 Å². The molecule has 1 fully saturated rings. The Morgan fingerprint density at radius 2 is 1.87 bits per heavy atom. The van der Waals surface area contributed by atoms with Crippen molar-refractivity contribution in [2.24, 2.45) is 0 Å². The lowest BCUT2D eigenvalue weighted by Gasteiger charge is -2.15. The number of carbonyl (C=O) groups excluding carboxylic acids is 1. The monoisotopic (exact) mass is 427 g/mol. The Balaban J connectivity index is 1.85. The molecule has 1 heterocycles. The Bertz CT molecular complexity index is 1060. The second-order valence-corrected chi connectivity index (χ2v) is 7.75. The third-order valence-corrected chi connectivity index (χ3v) is 5.72. The number of carbonyl (C=O) groups is 1. The highest BCUT2D eigenvalue weighted by molar-refractivity contribution is 6.65. The molecule has 1 saturated carbocycles. The molecular formula is C22H23BClNO5. The summed E-state index contributed by atoms with van der Waals surface area (Å²) in [6.07, 6.45) is 4.75. The number of nitrogens with zero attached hydrogens (tertiary/aromatic N) is 1. The van der Waals surface area contributed by atoms with Crippen molar-refractivity contribution in [1.82, 2.24) is 4.57 Å². The van der Waals surface area contributed by atoms with Gasteiger partial charge in [-0.05, 0) is 69.0 Å². The lowest BCUT2D eigenvalue weighted by Crippen LogP contribution is -2.35. The first kappa shape index (κ1) is 20.8. The molecule has 0 atom stereocenters. The second kappa shape index (κ2) is 8.72. The topological polar surface area (TPSA) is 80.9 Å². The zero-order valence-corrected chi connectivity index (χ0v) is 17.4. The number of aromatic nitrogens is 1. The summed E-state index contributed by atoms with van der Waals surface area (Å²) in [4.78, 5) is 12.8. The molecule has 3 aromatic rings. The van der Waals surface area contributed by atoms with Crippen molar-refractivity contribution >= 4 is 41.1 Å². The summed E-state index contributed by atoms with van der Waals surface area (Å²) < 4.78 is 12.9. The second-order valence-electron chi connectivity index (χ2n) is 7.34. The van der Waals surface area contributed by atoms with Crippen LogP contribution in [0.2, 0.25) is 5.02 Å². The van der Waals surface area contributed by atoms with E-state index in [0.717, 1.165) is 18.6 Å². The molecule has 2 aromatic carbocycles. The van der Waals surface area contributed by atoms with E-state index in [1.165, 1.54) is 12.8 Å². The Kier molecular flexibility index (Phi) is 6.04. The van der Waals surface area contributed by atoms with Gasteiger partial charge in [0.05, 0.1) is 18.2 Å². The van der Waals surface area contributed by atoms with Gasteiger partial charge in [0.1, 0.15) is 11.4 Å². The Morgan fingerprint density at radius 1 is 1.17 bits per heavy atom. The highest BCUT2D eigenvalue weighted by Crippen LogP contribution is 2.30. The molecule has 0 bridgehead atoms. The Labute approximate surface area is 180 Å². The van der Waals surface area contributed by atoms with Crippen LogP contribution in [0.3, 0.4) is 0 Å². The number of halogens is 1. The molecule has 0 spiro atoms. The van der Waals surface area contributed by atoms with Crippen LogP contribution in [0.25, 0.3) is 16.6 Å². The van der Waals surface area contributed by atoms with Gasteiger partial charge in [-0.3, -0.25) is 0 Å². The third kappa shape index (κ3) is 3.80. The zero-order valence-electron chi connectivity index (χ0n) is 16.7. The van der Waals surface area contributed by atoms with Crippen LogP contribution < -0.4 is 10.2 Å². The largest absolute Gasteiger partial charge is 0.491 e. The molecule has 2 N–H and O–H groups in total. The molecule has 8 heteroatoms. The molecule has 1 aliphatic carbocycles. The van der Waals surface area contributed by atoms with Gasteiger partial charge in [-0.1, -0.05) is 17.7 Å². The average Bonchev–Trinajstić information content (AvgIpc) is 3.35. The van der Waals surface area contributed by atoms with Gasteiger partial charge in [0.25, 0.3) is 0 Å². The molecule has 0 saturated heterocycles. The van der Waals surface area contributed by atoms with Gasteiger partial charge in [0.2, 0.25) is 0 Å². The predicted octanol–water partition coefficient (Wildman–Crippen LogP) is 3.46. The van der Waals surface area contributed by atoms with Crippen molar-refractivity contribution in [3.05, 3.63) is 53.2 Å². The summed E-state index contributed by atoms with van der Waals surface area (Å²) >= 11 is 6.37. The number of rotatable bonds is 6. The minimum absolute atomic E-state index is 0.0281.